The van der Waals surface area contributed by atoms with Crippen LogP contribution < -0.4 is 10.6 Å². The van der Waals surface area contributed by atoms with E-state index in [0.717, 1.165) is 62.2 Å². The van der Waals surface area contributed by atoms with E-state index in [9.17, 15) is 9.18 Å². The SMILES string of the molecule is C=CCN(C(=O)/C(NC(C)c1ccc2oc3ccccc3c2c1)=C(\C)CC)/C(=C\C)c1ccccc1F.CCCC.CC[C@@H](C)c1ccncc1/C(Cl)=C(\C)CNC. The number of amides is 1. The summed E-state index contributed by atoms with van der Waals surface area (Å²) >= 11 is 6.44. The average molecular weight is 808 g/mol. The van der Waals surface area contributed by atoms with E-state index in [1.54, 1.807) is 35.3 Å². The number of aromatic nitrogens is 1. The Labute approximate surface area is 352 Å². The second kappa shape index (κ2) is 24.1. The number of hydrogen-bond donors (Lipinski definition) is 2. The van der Waals surface area contributed by atoms with Crippen molar-refractivity contribution in [3.05, 3.63) is 149 Å². The number of likely N-dealkylation sites (N-methyl/N-ethyl adjacent to an activating group) is 1. The van der Waals surface area contributed by atoms with Crippen LogP contribution in [0.3, 0.4) is 0 Å². The molecule has 2 heterocycles. The van der Waals surface area contributed by atoms with E-state index in [1.807, 2.05) is 90.5 Å². The summed E-state index contributed by atoms with van der Waals surface area (Å²) in [5.41, 5.74) is 8.50. The molecule has 8 heteroatoms. The Bertz CT molecular complexity index is 2200. The van der Waals surface area contributed by atoms with Gasteiger partial charge < -0.3 is 20.0 Å². The molecule has 0 radical (unpaired) electrons. The fraction of sp³-hybridized carbons (Fsp3) is 0.360. The van der Waals surface area contributed by atoms with E-state index in [2.05, 4.69) is 62.0 Å². The van der Waals surface area contributed by atoms with Crippen LogP contribution in [0.5, 0.6) is 0 Å². The maximum Gasteiger partial charge on any atom is 0.274 e. The maximum absolute atomic E-state index is 14.7. The highest BCUT2D eigenvalue weighted by Gasteiger charge is 2.26. The van der Waals surface area contributed by atoms with Crippen molar-refractivity contribution in [3.8, 4) is 0 Å². The van der Waals surface area contributed by atoms with Gasteiger partial charge in [0.25, 0.3) is 5.91 Å². The Morgan fingerprint density at radius 1 is 0.931 bits per heavy atom. The predicted octanol–water partition coefficient (Wildman–Crippen LogP) is 13.7. The van der Waals surface area contributed by atoms with Gasteiger partial charge in [0, 0.05) is 58.5 Å². The summed E-state index contributed by atoms with van der Waals surface area (Å²) in [5, 5.41) is 9.51. The van der Waals surface area contributed by atoms with Gasteiger partial charge in [-0.15, -0.1) is 6.58 Å². The Balaban J connectivity index is 0.000000356. The van der Waals surface area contributed by atoms with Gasteiger partial charge in [-0.3, -0.25) is 9.78 Å². The lowest BCUT2D eigenvalue weighted by Gasteiger charge is -2.29. The van der Waals surface area contributed by atoms with Crippen molar-refractivity contribution in [3.63, 3.8) is 0 Å². The molecule has 6 nitrogen and oxygen atoms in total. The smallest absolute Gasteiger partial charge is 0.274 e. The van der Waals surface area contributed by atoms with Crippen molar-refractivity contribution >= 4 is 50.2 Å². The lowest BCUT2D eigenvalue weighted by Crippen LogP contribution is -2.37. The molecule has 5 aromatic rings. The Hall–Kier alpha value is -4.98. The first kappa shape index (κ1) is 47.4. The molecule has 5 rings (SSSR count). The molecule has 1 unspecified atom stereocenters. The number of pyridine rings is 1. The van der Waals surface area contributed by atoms with Crippen molar-refractivity contribution in [1.29, 1.82) is 0 Å². The minimum Gasteiger partial charge on any atom is -0.456 e. The van der Waals surface area contributed by atoms with Gasteiger partial charge in [-0.2, -0.15) is 0 Å². The van der Waals surface area contributed by atoms with Gasteiger partial charge >= 0.3 is 0 Å². The first-order chi connectivity index (χ1) is 27.9. The van der Waals surface area contributed by atoms with E-state index in [1.165, 1.54) is 24.5 Å². The normalized spacial score (nSPS) is 13.3. The zero-order valence-electron chi connectivity index (χ0n) is 36.3. The molecule has 0 fully saturated rings. The molecule has 2 atom stereocenters. The average Bonchev–Trinajstić information content (AvgIpc) is 3.63. The molecule has 1 amide bonds. The van der Waals surface area contributed by atoms with E-state index in [-0.39, 0.29) is 24.3 Å². The lowest BCUT2D eigenvalue weighted by molar-refractivity contribution is -0.124. The van der Waals surface area contributed by atoms with Gasteiger partial charge in [-0.05, 0) is 112 Å². The summed E-state index contributed by atoms with van der Waals surface area (Å²) in [4.78, 5) is 19.8. The molecular formula is C50H64ClFN4O2. The molecule has 0 spiro atoms. The Morgan fingerprint density at radius 3 is 2.22 bits per heavy atom. The lowest BCUT2D eigenvalue weighted by atomic mass is 9.94. The zero-order valence-corrected chi connectivity index (χ0v) is 37.1. The summed E-state index contributed by atoms with van der Waals surface area (Å²) in [6.07, 6.45) is 11.6. The van der Waals surface area contributed by atoms with Crippen LogP contribution in [0.15, 0.2) is 125 Å². The van der Waals surface area contributed by atoms with Crippen LogP contribution in [0.25, 0.3) is 32.7 Å². The molecule has 0 aliphatic heterocycles. The molecule has 0 saturated carbocycles. The van der Waals surface area contributed by atoms with Crippen molar-refractivity contribution in [2.45, 2.75) is 100.0 Å². The highest BCUT2D eigenvalue weighted by atomic mass is 35.5. The third-order valence-corrected chi connectivity index (χ3v) is 10.8. The van der Waals surface area contributed by atoms with E-state index >= 15 is 0 Å². The van der Waals surface area contributed by atoms with Crippen LogP contribution >= 0.6 is 11.6 Å². The summed E-state index contributed by atoms with van der Waals surface area (Å²) in [5.74, 6) is -0.0985. The molecule has 3 aromatic carbocycles. The predicted molar refractivity (Wildman–Crippen MR) is 246 cm³/mol. The maximum atomic E-state index is 14.7. The molecule has 0 aliphatic carbocycles. The Morgan fingerprint density at radius 2 is 1.60 bits per heavy atom. The fourth-order valence-electron chi connectivity index (χ4n) is 6.35. The minimum atomic E-state index is -0.378. The minimum absolute atomic E-state index is 0.161. The van der Waals surface area contributed by atoms with Crippen molar-refractivity contribution in [2.75, 3.05) is 20.1 Å². The summed E-state index contributed by atoms with van der Waals surface area (Å²) in [7, 11) is 1.92. The molecule has 2 N–H and O–H groups in total. The topological polar surface area (TPSA) is 70.4 Å². The Kier molecular flexibility index (Phi) is 19.7. The number of unbranched alkanes of at least 4 members (excludes halogenated alkanes) is 1. The number of halogens is 2. The second-order valence-corrected chi connectivity index (χ2v) is 14.9. The molecule has 58 heavy (non-hydrogen) atoms. The van der Waals surface area contributed by atoms with Crippen LogP contribution in [-0.2, 0) is 4.79 Å². The molecule has 0 aliphatic rings. The molecular weight excluding hydrogens is 743 g/mol. The van der Waals surface area contributed by atoms with Gasteiger partial charge in [-0.1, -0.05) is 108 Å². The molecule has 0 bridgehead atoms. The first-order valence-electron chi connectivity index (χ1n) is 20.6. The number of fused-ring (bicyclic) bond motifs is 3. The van der Waals surface area contributed by atoms with Gasteiger partial charge in [-0.25, -0.2) is 4.39 Å². The number of carbonyl (C=O) groups is 1. The van der Waals surface area contributed by atoms with E-state index in [0.29, 0.717) is 29.3 Å². The van der Waals surface area contributed by atoms with Crippen molar-refractivity contribution in [1.82, 2.24) is 20.5 Å². The van der Waals surface area contributed by atoms with Gasteiger partial charge in [0.15, 0.2) is 0 Å². The third kappa shape index (κ3) is 12.3. The van der Waals surface area contributed by atoms with Crippen LogP contribution in [0.2, 0.25) is 0 Å². The molecule has 2 aromatic heterocycles. The van der Waals surface area contributed by atoms with Crippen LogP contribution in [0.4, 0.5) is 4.39 Å². The number of hydrogen-bond acceptors (Lipinski definition) is 5. The number of nitrogens with one attached hydrogen (secondary N) is 2. The molecule has 310 valence electrons. The number of furan rings is 1. The highest BCUT2D eigenvalue weighted by Crippen LogP contribution is 2.33. The van der Waals surface area contributed by atoms with E-state index < -0.39 is 0 Å². The summed E-state index contributed by atoms with van der Waals surface area (Å²) in [6, 6.07) is 22.5. The first-order valence-corrected chi connectivity index (χ1v) is 21.0. The van der Waals surface area contributed by atoms with Crippen LogP contribution in [0.1, 0.15) is 122 Å². The standard InChI is InChI=1S/C32H33FN2O2.C14H21ClN2.C4H10/c1-6-19-35(28(8-3)25-14-9-11-15-27(25)33)32(36)31(21(4)7-2)34-22(5)23-17-18-30-26(20-23)24-13-10-12-16-29(24)37-30;1-5-10(2)12-6-7-17-9-13(12)14(15)11(3)8-16-4;1-3-4-2/h6,8-18,20,22,34H,1,7,19H2,2-5H3;6-7,9-10,16H,5,8H2,1-4H3;3-4H2,1-2H3/b28-8-,31-21-;14-11-;/t;10-;/m.1./s1. The number of carbonyl (C=O) groups excluding carboxylic acids is 1. The van der Waals surface area contributed by atoms with Gasteiger partial charge in [0.2, 0.25) is 0 Å². The number of rotatable bonds is 15. The number of benzene rings is 3. The number of nitrogens with zero attached hydrogens (tertiary/aromatic N) is 2. The van der Waals surface area contributed by atoms with Gasteiger partial charge in [0.1, 0.15) is 17.0 Å². The highest BCUT2D eigenvalue weighted by molar-refractivity contribution is 6.49. The largest absolute Gasteiger partial charge is 0.456 e. The fourth-order valence-corrected chi connectivity index (χ4v) is 6.57. The quantitative estimate of drug-likeness (QED) is 0.0814. The molecule has 0 saturated heterocycles. The summed E-state index contributed by atoms with van der Waals surface area (Å²) in [6.45, 7) is 23.5. The van der Waals surface area contributed by atoms with Crippen molar-refractivity contribution in [2.24, 2.45) is 0 Å². The van der Waals surface area contributed by atoms with Crippen LogP contribution in [0, 0.1) is 5.82 Å². The number of para-hydroxylation sites is 1. The van der Waals surface area contributed by atoms with Crippen molar-refractivity contribution < 1.29 is 13.6 Å². The van der Waals surface area contributed by atoms with Crippen LogP contribution in [-0.4, -0.2) is 35.9 Å². The monoisotopic (exact) mass is 806 g/mol. The number of allylic oxidation sites excluding steroid dienone is 2. The van der Waals surface area contributed by atoms with E-state index in [4.69, 9.17) is 16.0 Å². The zero-order chi connectivity index (χ0) is 42.8. The second-order valence-electron chi connectivity index (χ2n) is 14.5. The third-order valence-electron chi connectivity index (χ3n) is 10.3. The summed E-state index contributed by atoms with van der Waals surface area (Å²) < 4.78 is 20.7. The van der Waals surface area contributed by atoms with Gasteiger partial charge in [0.05, 0.1) is 11.4 Å².